The van der Waals surface area contributed by atoms with E-state index >= 15 is 0 Å². The highest BCUT2D eigenvalue weighted by Crippen LogP contribution is 2.42. The molecule has 1 aliphatic heterocycles. The lowest BCUT2D eigenvalue weighted by atomic mass is 9.86. The molecule has 3 aromatic rings. The van der Waals surface area contributed by atoms with E-state index in [4.69, 9.17) is 13.9 Å². The van der Waals surface area contributed by atoms with Crippen molar-refractivity contribution >= 4 is 27.5 Å². The van der Waals surface area contributed by atoms with Crippen LogP contribution in [0.3, 0.4) is 0 Å². The number of carbonyl (C=O) groups is 1. The topological polar surface area (TPSA) is 153 Å². The van der Waals surface area contributed by atoms with E-state index < -0.39 is 51.0 Å². The lowest BCUT2D eigenvalue weighted by molar-refractivity contribution is -0.242. The number of aromatic amines is 1. The summed E-state index contributed by atoms with van der Waals surface area (Å²) >= 11 is 0. The predicted molar refractivity (Wildman–Crippen MR) is 143 cm³/mol. The zero-order chi connectivity index (χ0) is 32.0. The molecule has 1 unspecified atom stereocenters. The Balaban J connectivity index is 1.72. The highest BCUT2D eigenvalue weighted by molar-refractivity contribution is 7.92. The number of hydrogen-bond acceptors (Lipinski definition) is 9. The van der Waals surface area contributed by atoms with Crippen molar-refractivity contribution < 1.29 is 49.4 Å². The number of anilines is 2. The number of hydrogen-bond donors (Lipinski definition) is 2. The molecular weight excluding hydrogens is 604 g/mol. The van der Waals surface area contributed by atoms with Crippen LogP contribution in [0.25, 0.3) is 0 Å². The Kier molecular flexibility index (Phi) is 8.16. The Labute approximate surface area is 243 Å². The molecule has 12 nitrogen and oxygen atoms in total. The highest BCUT2D eigenvalue weighted by Gasteiger charge is 2.51. The van der Waals surface area contributed by atoms with E-state index in [1.54, 1.807) is 13.8 Å². The van der Waals surface area contributed by atoms with Gasteiger partial charge in [-0.15, -0.1) is 5.10 Å². The molecule has 2 N–H and O–H groups in total. The van der Waals surface area contributed by atoms with Gasteiger partial charge in [-0.25, -0.2) is 27.5 Å². The summed E-state index contributed by atoms with van der Waals surface area (Å²) < 4.78 is 103. The van der Waals surface area contributed by atoms with Gasteiger partial charge in [-0.1, -0.05) is 13.8 Å². The second kappa shape index (κ2) is 11.1. The van der Waals surface area contributed by atoms with Gasteiger partial charge in [0.2, 0.25) is 11.5 Å². The van der Waals surface area contributed by atoms with Crippen LogP contribution in [0.1, 0.15) is 40.0 Å². The number of rotatable bonds is 8. The molecule has 1 amide bonds. The van der Waals surface area contributed by atoms with Crippen LogP contribution >= 0.6 is 0 Å². The summed E-state index contributed by atoms with van der Waals surface area (Å²) in [6.07, 6.45) is -7.01. The molecule has 17 heteroatoms. The Morgan fingerprint density at radius 2 is 1.86 bits per heavy atom. The fraction of sp³-hybridized carbons (Fsp3) is 0.423. The summed E-state index contributed by atoms with van der Waals surface area (Å²) in [5.41, 5.74) is -3.89. The highest BCUT2D eigenvalue weighted by atomic mass is 32.2. The molecule has 0 aliphatic carbocycles. The maximum atomic E-state index is 14.1. The fourth-order valence-electron chi connectivity index (χ4n) is 4.26. The third-order valence-corrected chi connectivity index (χ3v) is 8.41. The van der Waals surface area contributed by atoms with Crippen molar-refractivity contribution in [2.75, 3.05) is 23.3 Å². The maximum Gasteiger partial charge on any atom is 0.434 e. The number of H-pyrrole nitrogens is 1. The maximum absolute atomic E-state index is 14.1. The van der Waals surface area contributed by atoms with Crippen LogP contribution in [0.2, 0.25) is 0 Å². The first kappa shape index (κ1) is 31.7. The van der Waals surface area contributed by atoms with Crippen LogP contribution in [0, 0.1) is 5.82 Å². The molecule has 2 heterocycles. The number of sulfonamides is 1. The standard InChI is InChI=1S/C26H28F4N4O8S/c1-24(2,21-32-33-23(36)41-21)12-15-13-34(43(37,38)16-7-8-17(27)20(11-16)39-5)18-10-14(6-9-19(18)40-15)31-22(35)42-25(3,4)26(28,29)30/h6-11,15H,12-13H2,1-5H3,(H,31,35)(H,33,36). The smallest absolute Gasteiger partial charge is 0.434 e. The molecule has 0 bridgehead atoms. The molecule has 0 radical (unpaired) electrons. The first-order valence-corrected chi connectivity index (χ1v) is 14.1. The van der Waals surface area contributed by atoms with Crippen molar-refractivity contribution in [3.05, 3.63) is 58.7 Å². The van der Waals surface area contributed by atoms with Crippen LogP contribution in [0.4, 0.5) is 33.7 Å². The molecule has 2 aromatic carbocycles. The number of benzene rings is 2. The van der Waals surface area contributed by atoms with Crippen molar-refractivity contribution in [2.24, 2.45) is 0 Å². The summed E-state index contributed by atoms with van der Waals surface area (Å²) in [4.78, 5) is 23.5. The zero-order valence-electron chi connectivity index (χ0n) is 23.5. The van der Waals surface area contributed by atoms with E-state index in [9.17, 15) is 35.6 Å². The number of methoxy groups -OCH3 is 1. The van der Waals surface area contributed by atoms with Crippen molar-refractivity contribution in [3.8, 4) is 11.5 Å². The third-order valence-electron chi connectivity index (χ3n) is 6.63. The van der Waals surface area contributed by atoms with E-state index in [1.165, 1.54) is 25.3 Å². The molecule has 43 heavy (non-hydrogen) atoms. The van der Waals surface area contributed by atoms with Gasteiger partial charge in [-0.05, 0) is 50.6 Å². The van der Waals surface area contributed by atoms with Crippen LogP contribution in [-0.2, 0) is 20.2 Å². The van der Waals surface area contributed by atoms with E-state index in [0.717, 1.165) is 22.5 Å². The number of halogens is 4. The van der Waals surface area contributed by atoms with Crippen LogP contribution in [0.5, 0.6) is 11.5 Å². The average molecular weight is 633 g/mol. The molecule has 1 aromatic heterocycles. The molecule has 1 aliphatic rings. The lowest BCUT2D eigenvalue weighted by Gasteiger charge is -2.38. The minimum absolute atomic E-state index is 0.0442. The molecular formula is C26H28F4N4O8S. The molecule has 234 valence electrons. The van der Waals surface area contributed by atoms with Gasteiger partial charge in [-0.3, -0.25) is 9.62 Å². The molecule has 1 atom stereocenters. The second-order valence-corrected chi connectivity index (χ2v) is 12.6. The number of nitrogens with zero attached hydrogens (tertiary/aromatic N) is 2. The van der Waals surface area contributed by atoms with Gasteiger partial charge >= 0.3 is 18.0 Å². The number of nitrogens with one attached hydrogen (secondary N) is 2. The second-order valence-electron chi connectivity index (χ2n) is 10.8. The molecule has 0 saturated carbocycles. The van der Waals surface area contributed by atoms with Gasteiger partial charge in [-0.2, -0.15) is 13.2 Å². The number of ether oxygens (including phenoxy) is 3. The summed E-state index contributed by atoms with van der Waals surface area (Å²) in [5.74, 6) is -1.79. The Bertz CT molecular complexity index is 1680. The first-order chi connectivity index (χ1) is 19.8. The summed E-state index contributed by atoms with van der Waals surface area (Å²) in [5, 5.41) is 8.20. The summed E-state index contributed by atoms with van der Waals surface area (Å²) in [6, 6.07) is 6.75. The van der Waals surface area contributed by atoms with Gasteiger partial charge in [0, 0.05) is 17.2 Å². The van der Waals surface area contributed by atoms with Gasteiger partial charge in [0.15, 0.2) is 11.6 Å². The summed E-state index contributed by atoms with van der Waals surface area (Å²) in [6.45, 7) is 4.45. The molecule has 0 spiro atoms. The number of alkyl halides is 3. The molecule has 0 saturated heterocycles. The van der Waals surface area contributed by atoms with Gasteiger partial charge in [0.05, 0.1) is 24.2 Å². The SMILES string of the molecule is COc1cc(S(=O)(=O)N2CC(CC(C)(C)c3n[nH]c(=O)o3)Oc3ccc(NC(=O)OC(C)(C)C(F)(F)F)cc32)ccc1F. The number of amides is 1. The number of carbonyl (C=O) groups excluding carboxylic acids is 1. The van der Waals surface area contributed by atoms with Gasteiger partial charge in [0.1, 0.15) is 11.9 Å². The Morgan fingerprint density at radius 1 is 1.16 bits per heavy atom. The predicted octanol–water partition coefficient (Wildman–Crippen LogP) is 4.72. The number of aromatic nitrogens is 2. The van der Waals surface area contributed by atoms with Crippen molar-refractivity contribution in [3.63, 3.8) is 0 Å². The van der Waals surface area contributed by atoms with Crippen molar-refractivity contribution in [1.29, 1.82) is 0 Å². The Morgan fingerprint density at radius 3 is 2.47 bits per heavy atom. The van der Waals surface area contributed by atoms with Gasteiger partial charge in [0.25, 0.3) is 10.0 Å². The normalized spacial score (nSPS) is 15.8. The largest absolute Gasteiger partial charge is 0.494 e. The molecule has 4 rings (SSSR count). The van der Waals surface area contributed by atoms with Crippen LogP contribution < -0.4 is 24.9 Å². The lowest BCUT2D eigenvalue weighted by Crippen LogP contribution is -2.46. The van der Waals surface area contributed by atoms with Crippen molar-refractivity contribution in [2.45, 2.75) is 62.3 Å². The minimum atomic E-state index is -4.85. The van der Waals surface area contributed by atoms with Crippen molar-refractivity contribution in [1.82, 2.24) is 10.2 Å². The van der Waals surface area contributed by atoms with Crippen LogP contribution in [0.15, 0.2) is 50.5 Å². The monoisotopic (exact) mass is 632 g/mol. The van der Waals surface area contributed by atoms with E-state index in [0.29, 0.717) is 13.8 Å². The number of fused-ring (bicyclic) bond motifs is 1. The third kappa shape index (κ3) is 6.55. The quantitative estimate of drug-likeness (QED) is 0.336. The Hall–Kier alpha value is -4.28. The van der Waals surface area contributed by atoms with Gasteiger partial charge < -0.3 is 18.6 Å². The van der Waals surface area contributed by atoms with E-state index in [1.807, 2.05) is 0 Å². The minimum Gasteiger partial charge on any atom is -0.494 e. The summed E-state index contributed by atoms with van der Waals surface area (Å²) in [7, 11) is -3.28. The average Bonchev–Trinajstić information content (AvgIpc) is 3.34. The zero-order valence-corrected chi connectivity index (χ0v) is 24.4. The van der Waals surface area contributed by atoms with Crippen LogP contribution in [-0.4, -0.2) is 56.2 Å². The van der Waals surface area contributed by atoms with E-state index in [-0.39, 0.29) is 46.6 Å². The van der Waals surface area contributed by atoms with E-state index in [2.05, 4.69) is 20.3 Å². The first-order valence-electron chi connectivity index (χ1n) is 12.6. The fourth-order valence-corrected chi connectivity index (χ4v) is 5.77. The molecule has 0 fully saturated rings.